The second kappa shape index (κ2) is 4.51. The van der Waals surface area contributed by atoms with Gasteiger partial charge in [-0.25, -0.2) is 0 Å². The van der Waals surface area contributed by atoms with Gasteiger partial charge in [-0.3, -0.25) is 0 Å². The molecule has 0 amide bonds. The van der Waals surface area contributed by atoms with Crippen LogP contribution >= 0.6 is 15.9 Å². The van der Waals surface area contributed by atoms with Gasteiger partial charge in [0.05, 0.1) is 0 Å². The molecule has 0 aliphatic carbocycles. The molecule has 0 atom stereocenters. The monoisotopic (exact) mass is 336 g/mol. The van der Waals surface area contributed by atoms with Crippen molar-refractivity contribution in [2.45, 2.75) is 9.88 Å². The predicted octanol–water partition coefficient (Wildman–Crippen LogP) is 2.15. The van der Waals surface area contributed by atoms with Crippen LogP contribution in [0, 0.1) is 0 Å². The Hall–Kier alpha value is 0.299. The fraction of sp³-hybridized carbons (Fsp3) is 0.333. The maximum absolute atomic E-state index is 5.16. The summed E-state index contributed by atoms with van der Waals surface area (Å²) in [5.41, 5.74) is 0. The minimum absolute atomic E-state index is 0.922. The summed E-state index contributed by atoms with van der Waals surface area (Å²) < 4.78 is 7.76. The van der Waals surface area contributed by atoms with Crippen molar-refractivity contribution in [3.63, 3.8) is 0 Å². The van der Waals surface area contributed by atoms with Crippen LogP contribution in [0.4, 0.5) is 0 Å². The first-order valence-electron chi connectivity index (χ1n) is 3.98. The third kappa shape index (κ3) is 2.39. The van der Waals surface area contributed by atoms with Crippen LogP contribution in [0.3, 0.4) is 0 Å². The molecule has 0 heterocycles. The summed E-state index contributed by atoms with van der Waals surface area (Å²) >= 11 is 2.18. The summed E-state index contributed by atoms with van der Waals surface area (Å²) in [5, 5.41) is 0. The van der Waals surface area contributed by atoms with Crippen LogP contribution in [0.2, 0.25) is 9.88 Å². The van der Waals surface area contributed by atoms with Gasteiger partial charge in [0.1, 0.15) is 0 Å². The summed E-state index contributed by atoms with van der Waals surface area (Å²) in [6.45, 7) is 0. The van der Waals surface area contributed by atoms with Crippen molar-refractivity contribution in [1.82, 2.24) is 0 Å². The molecule has 0 bridgehead atoms. The van der Waals surface area contributed by atoms with E-state index >= 15 is 0 Å². The van der Waals surface area contributed by atoms with E-state index in [9.17, 15) is 0 Å². The van der Waals surface area contributed by atoms with Gasteiger partial charge in [-0.2, -0.15) is 0 Å². The normalized spacial score (nSPS) is 10.4. The van der Waals surface area contributed by atoms with Gasteiger partial charge in [-0.1, -0.05) is 0 Å². The van der Waals surface area contributed by atoms with Crippen molar-refractivity contribution in [1.29, 1.82) is 0 Å². The predicted molar refractivity (Wildman–Crippen MR) is 59.2 cm³/mol. The van der Waals surface area contributed by atoms with Gasteiger partial charge in [0.2, 0.25) is 0 Å². The van der Waals surface area contributed by atoms with Crippen LogP contribution in [0.5, 0.6) is 5.75 Å². The average molecular weight is 336 g/mol. The van der Waals surface area contributed by atoms with Crippen molar-refractivity contribution in [2.24, 2.45) is 0 Å². The van der Waals surface area contributed by atoms with Crippen molar-refractivity contribution < 1.29 is 4.74 Å². The van der Waals surface area contributed by atoms with E-state index in [4.69, 9.17) is 4.74 Å². The molecule has 0 aromatic heterocycles. The van der Waals surface area contributed by atoms with Gasteiger partial charge in [0.25, 0.3) is 0 Å². The number of rotatable bonds is 2. The van der Waals surface area contributed by atoms with E-state index in [1.807, 2.05) is 6.07 Å². The zero-order chi connectivity index (χ0) is 9.14. The van der Waals surface area contributed by atoms with Crippen LogP contribution in [0.25, 0.3) is 0 Å². The van der Waals surface area contributed by atoms with E-state index in [-0.39, 0.29) is 0 Å². The van der Waals surface area contributed by atoms with E-state index in [1.54, 1.807) is 7.11 Å². The Balaban J connectivity index is 3.02. The number of ether oxygens (including phenoxy) is 1. The van der Waals surface area contributed by atoms with E-state index in [2.05, 4.69) is 37.9 Å². The molecule has 1 rings (SSSR count). The molecule has 0 aliphatic heterocycles. The first-order chi connectivity index (χ1) is 5.65. The van der Waals surface area contributed by atoms with Crippen molar-refractivity contribution in [2.75, 3.05) is 7.11 Å². The molecular formula is C9H13BrOSn. The van der Waals surface area contributed by atoms with Gasteiger partial charge in [0.15, 0.2) is 0 Å². The molecule has 66 valence electrons. The topological polar surface area (TPSA) is 9.23 Å². The first kappa shape index (κ1) is 10.4. The van der Waals surface area contributed by atoms with Gasteiger partial charge in [-0.05, 0) is 0 Å². The maximum atomic E-state index is 5.16. The zero-order valence-electron chi connectivity index (χ0n) is 7.60. The Bertz CT molecular complexity index is 273. The number of hydrogen-bond acceptors (Lipinski definition) is 1. The van der Waals surface area contributed by atoms with Crippen LogP contribution < -0.4 is 8.32 Å². The molecular weight excluding hydrogens is 323 g/mol. The molecule has 0 radical (unpaired) electrons. The molecule has 0 saturated carbocycles. The van der Waals surface area contributed by atoms with Gasteiger partial charge < -0.3 is 0 Å². The van der Waals surface area contributed by atoms with Crippen LogP contribution in [-0.4, -0.2) is 26.9 Å². The van der Waals surface area contributed by atoms with Gasteiger partial charge in [-0.15, -0.1) is 0 Å². The Kier molecular flexibility index (Phi) is 3.90. The van der Waals surface area contributed by atoms with Crippen LogP contribution in [0.15, 0.2) is 22.7 Å². The van der Waals surface area contributed by atoms with Crippen LogP contribution in [-0.2, 0) is 0 Å². The molecule has 0 fully saturated rings. The Morgan fingerprint density at radius 2 is 2.00 bits per heavy atom. The number of benzene rings is 1. The second-order valence-corrected chi connectivity index (χ2v) is 12.4. The Labute approximate surface area is 89.0 Å². The SMILES string of the molecule is COc1cc[c]([SnH]([CH3])[CH3])cc1Br. The van der Waals surface area contributed by atoms with Crippen molar-refractivity contribution in [3.05, 3.63) is 22.7 Å². The summed E-state index contributed by atoms with van der Waals surface area (Å²) in [6.07, 6.45) is 0. The summed E-state index contributed by atoms with van der Waals surface area (Å²) in [6, 6.07) is 6.42. The van der Waals surface area contributed by atoms with E-state index < -0.39 is 19.8 Å². The number of methoxy groups -OCH3 is 1. The molecule has 12 heavy (non-hydrogen) atoms. The first-order valence-corrected chi connectivity index (χ1v) is 13.0. The third-order valence-corrected chi connectivity index (χ3v) is 7.29. The quantitative estimate of drug-likeness (QED) is 0.753. The van der Waals surface area contributed by atoms with Crippen molar-refractivity contribution in [3.8, 4) is 5.75 Å². The van der Waals surface area contributed by atoms with Gasteiger partial charge >= 0.3 is 89.4 Å². The van der Waals surface area contributed by atoms with Crippen molar-refractivity contribution >= 4 is 39.3 Å². The molecule has 3 heteroatoms. The Morgan fingerprint density at radius 3 is 2.42 bits per heavy atom. The molecule has 1 aromatic carbocycles. The third-order valence-electron chi connectivity index (χ3n) is 1.84. The van der Waals surface area contributed by atoms with Crippen LogP contribution in [0.1, 0.15) is 0 Å². The number of hydrogen-bond donors (Lipinski definition) is 0. The molecule has 0 saturated heterocycles. The van der Waals surface area contributed by atoms with Gasteiger partial charge in [0, 0.05) is 0 Å². The second-order valence-electron chi connectivity index (χ2n) is 3.05. The zero-order valence-corrected chi connectivity index (χ0v) is 12.5. The molecule has 1 aromatic rings. The number of halogens is 1. The summed E-state index contributed by atoms with van der Waals surface area (Å²) in [7, 11) is 1.69. The van der Waals surface area contributed by atoms with E-state index in [1.165, 1.54) is 3.58 Å². The molecule has 0 aliphatic rings. The molecule has 0 N–H and O–H groups in total. The fourth-order valence-corrected chi connectivity index (χ4v) is 5.10. The summed E-state index contributed by atoms with van der Waals surface area (Å²) in [4.78, 5) is 4.77. The molecule has 1 nitrogen and oxygen atoms in total. The summed E-state index contributed by atoms with van der Waals surface area (Å²) in [5.74, 6) is 0.922. The molecule has 0 unspecified atom stereocenters. The van der Waals surface area contributed by atoms with E-state index in [0.717, 1.165) is 10.2 Å². The van der Waals surface area contributed by atoms with E-state index in [0.29, 0.717) is 0 Å². The Morgan fingerprint density at radius 1 is 1.33 bits per heavy atom. The average Bonchev–Trinajstić information content (AvgIpc) is 2.04. The fourth-order valence-electron chi connectivity index (χ4n) is 1.04. The molecule has 0 spiro atoms. The minimum atomic E-state index is -1.31. The standard InChI is InChI=1S/C7H6BrO.2CH3.Sn.H/c1-9-7-5-3-2-4-6(7)8;;;;/h3-5H,1H3;2*1H3;;.